The second kappa shape index (κ2) is 12.5. The fourth-order valence-electron chi connectivity index (χ4n) is 3.93. The van der Waals surface area contributed by atoms with Gasteiger partial charge in [0.2, 0.25) is 12.0 Å². The molecule has 1 aliphatic heterocycles. The highest BCUT2D eigenvalue weighted by Crippen LogP contribution is 2.47. The molecule has 3 aromatic rings. The fraction of sp³-hybridized carbons (Fsp3) is 0.333. The van der Waals surface area contributed by atoms with Crippen LogP contribution in [-0.4, -0.2) is 51.4 Å². The van der Waals surface area contributed by atoms with Crippen LogP contribution in [0.3, 0.4) is 0 Å². The maximum absolute atomic E-state index is 14.8. The first-order chi connectivity index (χ1) is 20.5. The molecule has 2 heterocycles. The molecule has 4 unspecified atom stereocenters. The largest absolute Gasteiger partial charge is 0.450 e. The molecule has 0 spiro atoms. The molecule has 2 aromatic carbocycles. The third-order valence-electron chi connectivity index (χ3n) is 6.20. The zero-order chi connectivity index (χ0) is 32.4. The number of ether oxygens (including phenoxy) is 2. The Labute approximate surface area is 243 Å². The summed E-state index contributed by atoms with van der Waals surface area (Å²) in [6.07, 6.45) is -10.3. The van der Waals surface area contributed by atoms with Crippen LogP contribution < -0.4 is 21.2 Å². The van der Waals surface area contributed by atoms with Crippen molar-refractivity contribution >= 4 is 19.3 Å². The van der Waals surface area contributed by atoms with Crippen molar-refractivity contribution in [2.24, 2.45) is 0 Å². The number of anilines is 1. The van der Waals surface area contributed by atoms with Crippen LogP contribution in [0.1, 0.15) is 17.4 Å². The van der Waals surface area contributed by atoms with Gasteiger partial charge >= 0.3 is 31.2 Å². The summed E-state index contributed by atoms with van der Waals surface area (Å²) in [6, 6.07) is 7.79. The van der Waals surface area contributed by atoms with Gasteiger partial charge in [0.15, 0.2) is 6.10 Å². The lowest BCUT2D eigenvalue weighted by Crippen LogP contribution is -2.42. The third-order valence-corrected chi connectivity index (χ3v) is 7.70. The summed E-state index contributed by atoms with van der Waals surface area (Å²) in [5.74, 6) is -4.75. The van der Waals surface area contributed by atoms with Gasteiger partial charge in [-0.2, -0.15) is 26.9 Å². The summed E-state index contributed by atoms with van der Waals surface area (Å²) >= 11 is 0. The number of nitrogen functional groups attached to an aromatic ring is 1. The van der Waals surface area contributed by atoms with E-state index < -0.39 is 73.4 Å². The molecule has 4 atom stereocenters. The molecule has 4 rings (SSSR count). The van der Waals surface area contributed by atoms with Crippen LogP contribution in [0.4, 0.5) is 33.5 Å². The Bertz CT molecular complexity index is 1620. The first kappa shape index (κ1) is 32.9. The third kappa shape index (κ3) is 7.20. The Morgan fingerprint density at radius 3 is 2.48 bits per heavy atom. The van der Waals surface area contributed by atoms with Gasteiger partial charge < -0.3 is 20.3 Å². The Kier molecular flexibility index (Phi) is 9.38. The molecule has 14 nitrogen and oxygen atoms in total. The summed E-state index contributed by atoms with van der Waals surface area (Å²) < 4.78 is 103. The van der Waals surface area contributed by atoms with Crippen LogP contribution >= 0.6 is 7.75 Å². The molecular weight excluding hydrogens is 628 g/mol. The molecule has 20 heteroatoms. The van der Waals surface area contributed by atoms with Crippen molar-refractivity contribution in [1.29, 1.82) is 0 Å². The van der Waals surface area contributed by atoms with Gasteiger partial charge in [-0.25, -0.2) is 14.4 Å². The van der Waals surface area contributed by atoms with E-state index in [0.717, 1.165) is 55.7 Å². The van der Waals surface area contributed by atoms with E-state index >= 15 is 0 Å². The van der Waals surface area contributed by atoms with Gasteiger partial charge in [0, 0.05) is 12.3 Å². The number of nitrogens with zero attached hydrogens (tertiary/aromatic N) is 3. The van der Waals surface area contributed by atoms with Crippen molar-refractivity contribution in [2.45, 2.75) is 37.1 Å². The van der Waals surface area contributed by atoms with Crippen LogP contribution in [0.5, 0.6) is 11.5 Å². The van der Waals surface area contributed by atoms with Crippen LogP contribution in [0, 0.1) is 10.1 Å². The average Bonchev–Trinajstić information content (AvgIpc) is 3.18. The number of aromatic nitrogens is 2. The first-order valence-corrected chi connectivity index (χ1v) is 13.8. The van der Waals surface area contributed by atoms with Gasteiger partial charge in [-0.05, 0) is 55.1 Å². The maximum atomic E-state index is 14.8. The number of hydrogen-bond acceptors (Lipinski definition) is 11. The SMILES string of the molecule is CNP(=O)(OCc1ccc([N+](=O)[O-])c(Oc2ccc(C(F)(F)F)cc2)c1)OCC1OC(n2ccc(N)nc2=O)C(F)(F)C1O. The number of aliphatic hydroxyl groups excluding tert-OH is 1. The highest BCUT2D eigenvalue weighted by atomic mass is 31.2. The number of nitrogens with two attached hydrogens (primary N) is 1. The van der Waals surface area contributed by atoms with Gasteiger partial charge in [-0.1, -0.05) is 0 Å². The Hall–Kier alpha value is -4.00. The molecular formula is C24H23F5N5O9P. The van der Waals surface area contributed by atoms with Gasteiger partial charge in [0.25, 0.3) is 0 Å². The fourth-order valence-corrected chi connectivity index (χ4v) is 4.92. The van der Waals surface area contributed by atoms with Crippen molar-refractivity contribution in [1.82, 2.24) is 14.6 Å². The highest BCUT2D eigenvalue weighted by molar-refractivity contribution is 7.51. The minimum atomic E-state index is -4.61. The Balaban J connectivity index is 1.44. The molecule has 0 bridgehead atoms. The summed E-state index contributed by atoms with van der Waals surface area (Å²) in [5.41, 5.74) is 2.83. The van der Waals surface area contributed by atoms with E-state index in [2.05, 4.69) is 10.1 Å². The Morgan fingerprint density at radius 2 is 1.89 bits per heavy atom. The molecule has 1 saturated heterocycles. The average molecular weight is 651 g/mol. The smallest absolute Gasteiger partial charge is 0.416 e. The van der Waals surface area contributed by atoms with E-state index in [9.17, 15) is 46.5 Å². The van der Waals surface area contributed by atoms with E-state index in [0.29, 0.717) is 4.57 Å². The number of benzene rings is 2. The summed E-state index contributed by atoms with van der Waals surface area (Å²) in [4.78, 5) is 26.0. The van der Waals surface area contributed by atoms with Gasteiger partial charge in [0.05, 0.1) is 23.7 Å². The predicted molar refractivity (Wildman–Crippen MR) is 140 cm³/mol. The van der Waals surface area contributed by atoms with Crippen molar-refractivity contribution in [3.8, 4) is 11.5 Å². The zero-order valence-corrected chi connectivity index (χ0v) is 23.2. The number of aliphatic hydroxyl groups is 1. The monoisotopic (exact) mass is 651 g/mol. The lowest BCUT2D eigenvalue weighted by atomic mass is 10.1. The Morgan fingerprint density at radius 1 is 1.20 bits per heavy atom. The van der Waals surface area contributed by atoms with Crippen molar-refractivity contribution in [3.05, 3.63) is 86.5 Å². The molecule has 1 fully saturated rings. The van der Waals surface area contributed by atoms with E-state index in [1.165, 1.54) is 6.07 Å². The van der Waals surface area contributed by atoms with Crippen LogP contribution in [-0.2, 0) is 31.1 Å². The standard InChI is InChI=1S/C24H23F5N5O9P/c1-31-44(39,41-12-18-20(35)23(25,26)21(43-18)33-9-8-19(30)32-22(33)36)40-11-13-2-7-16(34(37)38)17(10-13)42-15-5-3-14(4-6-15)24(27,28)29/h2-10,18,20-21,35H,11-12H2,1H3,(H,31,39)(H2,30,32,36). The van der Waals surface area contributed by atoms with E-state index in [1.807, 2.05) is 0 Å². The molecule has 1 aliphatic rings. The molecule has 44 heavy (non-hydrogen) atoms. The van der Waals surface area contributed by atoms with Crippen LogP contribution in [0.15, 0.2) is 59.5 Å². The number of halogens is 5. The zero-order valence-electron chi connectivity index (χ0n) is 22.3. The number of nitro benzene ring substituents is 1. The highest BCUT2D eigenvalue weighted by Gasteiger charge is 2.60. The molecule has 0 amide bonds. The molecule has 0 saturated carbocycles. The quantitative estimate of drug-likeness (QED) is 0.117. The second-order valence-electron chi connectivity index (χ2n) is 9.16. The molecule has 4 N–H and O–H groups in total. The second-order valence-corrected chi connectivity index (χ2v) is 11.1. The lowest BCUT2D eigenvalue weighted by Gasteiger charge is -2.21. The van der Waals surface area contributed by atoms with E-state index in [-0.39, 0.29) is 22.9 Å². The molecule has 1 aromatic heterocycles. The van der Waals surface area contributed by atoms with Gasteiger partial charge in [-0.3, -0.25) is 23.7 Å². The van der Waals surface area contributed by atoms with Crippen molar-refractivity contribution in [2.75, 3.05) is 19.4 Å². The van der Waals surface area contributed by atoms with Crippen LogP contribution in [0.2, 0.25) is 0 Å². The van der Waals surface area contributed by atoms with E-state index in [4.69, 9.17) is 24.3 Å². The number of nitrogens with one attached hydrogen (secondary N) is 1. The van der Waals surface area contributed by atoms with Crippen molar-refractivity contribution < 1.29 is 55.1 Å². The minimum Gasteiger partial charge on any atom is -0.450 e. The minimum absolute atomic E-state index is 0.135. The van der Waals surface area contributed by atoms with Crippen molar-refractivity contribution in [3.63, 3.8) is 0 Å². The number of rotatable bonds is 11. The van der Waals surface area contributed by atoms with Gasteiger partial charge in [0.1, 0.15) is 17.7 Å². The van der Waals surface area contributed by atoms with E-state index in [1.54, 1.807) is 0 Å². The first-order valence-electron chi connectivity index (χ1n) is 12.3. The summed E-state index contributed by atoms with van der Waals surface area (Å²) in [6.45, 7) is -1.44. The number of nitro groups is 1. The lowest BCUT2D eigenvalue weighted by molar-refractivity contribution is -0.385. The number of alkyl halides is 5. The number of hydrogen-bond donors (Lipinski definition) is 3. The predicted octanol–water partition coefficient (Wildman–Crippen LogP) is 4.00. The molecule has 0 aliphatic carbocycles. The van der Waals surface area contributed by atoms with Gasteiger partial charge in [-0.15, -0.1) is 0 Å². The molecule has 0 radical (unpaired) electrons. The van der Waals surface area contributed by atoms with Crippen LogP contribution in [0.25, 0.3) is 0 Å². The maximum Gasteiger partial charge on any atom is 0.416 e. The topological polar surface area (TPSA) is 190 Å². The molecule has 238 valence electrons. The summed E-state index contributed by atoms with van der Waals surface area (Å²) in [5, 5.41) is 23.9. The normalized spacial score (nSPS) is 21.1. The summed E-state index contributed by atoms with van der Waals surface area (Å²) in [7, 11) is -3.14.